The summed E-state index contributed by atoms with van der Waals surface area (Å²) >= 11 is 0. The molecule has 9 nitrogen and oxygen atoms in total. The van der Waals surface area contributed by atoms with Gasteiger partial charge in [0.2, 0.25) is 5.88 Å². The summed E-state index contributed by atoms with van der Waals surface area (Å²) < 4.78 is 25.9. The summed E-state index contributed by atoms with van der Waals surface area (Å²) in [7, 11) is 0. The smallest absolute Gasteiger partial charge is 0.413 e. The van der Waals surface area contributed by atoms with Crippen molar-refractivity contribution in [3.05, 3.63) is 35.9 Å². The van der Waals surface area contributed by atoms with Crippen LogP contribution in [-0.2, 0) is 4.74 Å². The van der Waals surface area contributed by atoms with Crippen LogP contribution in [0.25, 0.3) is 21.9 Å². The molecular weight excluding hydrogens is 417 g/mol. The number of halogens is 1. The molecule has 1 amide bonds. The van der Waals surface area contributed by atoms with Crippen molar-refractivity contribution in [2.75, 3.05) is 29.5 Å². The summed E-state index contributed by atoms with van der Waals surface area (Å²) in [4.78, 5) is 20.5. The predicted molar refractivity (Wildman–Crippen MR) is 117 cm³/mol. The maximum Gasteiger partial charge on any atom is 0.413 e. The van der Waals surface area contributed by atoms with E-state index >= 15 is 4.39 Å². The molecule has 3 heterocycles. The summed E-state index contributed by atoms with van der Waals surface area (Å²) in [5.74, 6) is 0.140. The van der Waals surface area contributed by atoms with Gasteiger partial charge in [0.05, 0.1) is 11.8 Å². The minimum Gasteiger partial charge on any atom is -0.474 e. The highest BCUT2D eigenvalue weighted by Crippen LogP contribution is 2.39. The van der Waals surface area contributed by atoms with E-state index in [0.717, 1.165) is 11.3 Å². The number of benzene rings is 1. The Morgan fingerprint density at radius 3 is 2.91 bits per heavy atom. The summed E-state index contributed by atoms with van der Waals surface area (Å²) in [5.41, 5.74) is 8.43. The molecule has 1 aliphatic carbocycles. The van der Waals surface area contributed by atoms with E-state index in [2.05, 4.69) is 20.6 Å². The highest BCUT2D eigenvalue weighted by molar-refractivity contribution is 5.99. The van der Waals surface area contributed by atoms with Crippen molar-refractivity contribution >= 4 is 34.1 Å². The molecule has 5 rings (SSSR count). The second-order valence-electron chi connectivity index (χ2n) is 7.91. The normalized spacial score (nSPS) is 19.3. The van der Waals surface area contributed by atoms with Gasteiger partial charge in [-0.1, -0.05) is 0 Å². The van der Waals surface area contributed by atoms with Crippen LogP contribution in [0.4, 0.5) is 26.4 Å². The summed E-state index contributed by atoms with van der Waals surface area (Å²) in [6, 6.07) is 3.24. The molecule has 3 aromatic rings. The molecule has 10 heteroatoms. The Labute approximate surface area is 182 Å². The van der Waals surface area contributed by atoms with E-state index < -0.39 is 24.1 Å². The number of rotatable bonds is 3. The number of hydrogen-bond donors (Lipinski definition) is 4. The summed E-state index contributed by atoms with van der Waals surface area (Å²) in [6.07, 6.45) is 2.33. The number of nitrogens with two attached hydrogens (primary N) is 1. The van der Waals surface area contributed by atoms with Crippen molar-refractivity contribution < 1.29 is 23.8 Å². The van der Waals surface area contributed by atoms with Crippen LogP contribution in [0.5, 0.6) is 5.88 Å². The molecule has 0 saturated heterocycles. The number of carbonyl (C=O) groups is 1. The van der Waals surface area contributed by atoms with E-state index in [1.54, 1.807) is 18.3 Å². The zero-order chi connectivity index (χ0) is 22.4. The zero-order valence-electron chi connectivity index (χ0n) is 17.3. The third kappa shape index (κ3) is 3.42. The Hall–Kier alpha value is -3.66. The van der Waals surface area contributed by atoms with Crippen LogP contribution in [0.15, 0.2) is 24.5 Å². The Bertz CT molecular complexity index is 1230. The van der Waals surface area contributed by atoms with Crippen LogP contribution in [0.1, 0.15) is 18.4 Å². The number of fused-ring (bicyclic) bond motifs is 2. The van der Waals surface area contributed by atoms with Crippen molar-refractivity contribution in [3.8, 4) is 17.0 Å². The molecule has 5 N–H and O–H groups in total. The van der Waals surface area contributed by atoms with Gasteiger partial charge in [0.25, 0.3) is 0 Å². The Kier molecular flexibility index (Phi) is 4.93. The van der Waals surface area contributed by atoms with E-state index in [1.165, 1.54) is 6.20 Å². The average Bonchev–Trinajstić information content (AvgIpc) is 2.79. The van der Waals surface area contributed by atoms with Gasteiger partial charge in [-0.3, -0.25) is 5.32 Å². The molecule has 0 bridgehead atoms. The van der Waals surface area contributed by atoms with E-state index in [-0.39, 0.29) is 17.1 Å². The first-order valence-electron chi connectivity index (χ1n) is 10.3. The van der Waals surface area contributed by atoms with Crippen LogP contribution in [0.3, 0.4) is 0 Å². The number of ether oxygens (including phenoxy) is 2. The number of aliphatic hydroxyl groups is 1. The Balaban J connectivity index is 1.50. The quantitative estimate of drug-likeness (QED) is 0.458. The van der Waals surface area contributed by atoms with E-state index in [1.807, 2.05) is 6.92 Å². The summed E-state index contributed by atoms with van der Waals surface area (Å²) in [5, 5.41) is 16.4. The molecule has 166 valence electrons. The molecule has 1 aromatic carbocycles. The number of pyridine rings is 2. The third-order valence-corrected chi connectivity index (χ3v) is 5.90. The molecule has 32 heavy (non-hydrogen) atoms. The first-order valence-corrected chi connectivity index (χ1v) is 10.3. The maximum atomic E-state index is 15.2. The van der Waals surface area contributed by atoms with Gasteiger partial charge in [0, 0.05) is 35.5 Å². The summed E-state index contributed by atoms with van der Waals surface area (Å²) in [6.45, 7) is 3.01. The Morgan fingerprint density at radius 1 is 1.31 bits per heavy atom. The van der Waals surface area contributed by atoms with Crippen molar-refractivity contribution in [3.63, 3.8) is 0 Å². The Morgan fingerprint density at radius 2 is 2.16 bits per heavy atom. The number of nitrogens with one attached hydrogen (secondary N) is 2. The van der Waals surface area contributed by atoms with E-state index in [4.69, 9.17) is 15.2 Å². The number of aliphatic hydroxyl groups excluding tert-OH is 1. The third-order valence-electron chi connectivity index (χ3n) is 5.90. The maximum absolute atomic E-state index is 15.2. The van der Waals surface area contributed by atoms with Crippen molar-refractivity contribution in [1.82, 2.24) is 9.97 Å². The lowest BCUT2D eigenvalue weighted by Crippen LogP contribution is -2.41. The van der Waals surface area contributed by atoms with Gasteiger partial charge in [-0.25, -0.2) is 19.2 Å². The number of nitrogens with zero attached hydrogens (tertiary/aromatic N) is 2. The first-order chi connectivity index (χ1) is 15.4. The highest BCUT2D eigenvalue weighted by atomic mass is 19.1. The number of hydrogen-bond acceptors (Lipinski definition) is 8. The lowest BCUT2D eigenvalue weighted by atomic mass is 9.92. The standard InChI is InChI=1S/C22H22FN5O4/c1-10-13(8-27-21-20(10)25-4-5-31-21)12-6-11-7-17(26-9-14(11)19(24)18(12)23)28-22(30)32-16-3-2-15(16)29/h6-9,15-16,25,29H,2-5,24H2,1H3,(H,26,28,30)/t15-,16-/m0/s1. The molecule has 0 radical (unpaired) electrons. The van der Waals surface area contributed by atoms with Crippen LogP contribution < -0.4 is 21.1 Å². The first kappa shape index (κ1) is 20.3. The van der Waals surface area contributed by atoms with E-state index in [9.17, 15) is 9.90 Å². The van der Waals surface area contributed by atoms with Gasteiger partial charge < -0.3 is 25.6 Å². The van der Waals surface area contributed by atoms with Crippen LogP contribution in [0, 0.1) is 12.7 Å². The van der Waals surface area contributed by atoms with Gasteiger partial charge in [-0.2, -0.15) is 0 Å². The molecule has 1 fully saturated rings. The number of amides is 1. The SMILES string of the molecule is Cc1c(-c2cc3cc(NC(=O)O[C@H]4CC[C@@H]4O)ncc3c(N)c2F)cnc2c1NCCO2. The van der Waals surface area contributed by atoms with E-state index in [0.29, 0.717) is 48.2 Å². The number of aromatic nitrogens is 2. The molecule has 1 aliphatic heterocycles. The van der Waals surface area contributed by atoms with Crippen molar-refractivity contribution in [2.45, 2.75) is 32.0 Å². The molecule has 2 atom stereocenters. The van der Waals surface area contributed by atoms with Gasteiger partial charge in [-0.15, -0.1) is 0 Å². The predicted octanol–water partition coefficient (Wildman–Crippen LogP) is 3.20. The monoisotopic (exact) mass is 439 g/mol. The molecule has 1 saturated carbocycles. The lowest BCUT2D eigenvalue weighted by Gasteiger charge is -2.31. The number of anilines is 3. The zero-order valence-corrected chi connectivity index (χ0v) is 17.3. The fourth-order valence-electron chi connectivity index (χ4n) is 3.92. The minimum absolute atomic E-state index is 0.0435. The average molecular weight is 439 g/mol. The molecule has 0 unspecified atom stereocenters. The van der Waals surface area contributed by atoms with Crippen LogP contribution in [-0.4, -0.2) is 46.5 Å². The van der Waals surface area contributed by atoms with Gasteiger partial charge in [-0.05, 0) is 42.8 Å². The van der Waals surface area contributed by atoms with Gasteiger partial charge >= 0.3 is 6.09 Å². The van der Waals surface area contributed by atoms with Crippen molar-refractivity contribution in [2.24, 2.45) is 0 Å². The topological polar surface area (TPSA) is 132 Å². The van der Waals surface area contributed by atoms with Crippen LogP contribution >= 0.6 is 0 Å². The second kappa shape index (κ2) is 7.79. The van der Waals surface area contributed by atoms with Crippen molar-refractivity contribution in [1.29, 1.82) is 0 Å². The molecular formula is C22H22FN5O4. The molecule has 2 aromatic heterocycles. The second-order valence-corrected chi connectivity index (χ2v) is 7.91. The molecule has 2 aliphatic rings. The minimum atomic E-state index is -0.711. The largest absolute Gasteiger partial charge is 0.474 e. The molecule has 0 spiro atoms. The van der Waals surface area contributed by atoms with Gasteiger partial charge in [0.1, 0.15) is 24.2 Å². The van der Waals surface area contributed by atoms with Crippen LogP contribution in [0.2, 0.25) is 0 Å². The fourth-order valence-corrected chi connectivity index (χ4v) is 3.92. The lowest BCUT2D eigenvalue weighted by molar-refractivity contribution is -0.0561. The van der Waals surface area contributed by atoms with Gasteiger partial charge in [0.15, 0.2) is 5.82 Å². The highest BCUT2D eigenvalue weighted by Gasteiger charge is 2.32. The number of nitrogen functional groups attached to an aromatic ring is 1. The number of carbonyl (C=O) groups excluding carboxylic acids is 1. The fraction of sp³-hybridized carbons (Fsp3) is 0.318.